The summed E-state index contributed by atoms with van der Waals surface area (Å²) in [7, 11) is 0. The van der Waals surface area contributed by atoms with Gasteiger partial charge in [0.2, 0.25) is 0 Å². The van der Waals surface area contributed by atoms with E-state index >= 15 is 0 Å². The molecule has 0 saturated heterocycles. The Bertz CT molecular complexity index is 295. The lowest BCUT2D eigenvalue weighted by molar-refractivity contribution is -0.305. The Morgan fingerprint density at radius 1 is 0.952 bits per heavy atom. The molecule has 0 radical (unpaired) electrons. The maximum atomic E-state index is 10.2. The highest BCUT2D eigenvalue weighted by Gasteiger charge is 1.93. The van der Waals surface area contributed by atoms with Crippen molar-refractivity contribution in [1.29, 1.82) is 0 Å². The van der Waals surface area contributed by atoms with Crippen molar-refractivity contribution in [1.82, 2.24) is 0 Å². The monoisotopic (exact) mass is 295 g/mol. The van der Waals surface area contributed by atoms with E-state index in [4.69, 9.17) is 0 Å². The minimum Gasteiger partial charge on any atom is -0.550 e. The van der Waals surface area contributed by atoms with E-state index in [0.717, 1.165) is 44.9 Å². The molecule has 1 N–H and O–H groups in total. The summed E-state index contributed by atoms with van der Waals surface area (Å²) < 4.78 is 0. The molecule has 21 heavy (non-hydrogen) atoms. The third-order valence-corrected chi connectivity index (χ3v) is 3.39. The standard InChI is InChI=1S/C18H32O3/c1-2-3-4-8-11-14-17(19)15-12-9-6-5-7-10-13-16-18(20)21/h11-12,14-15,17,19H,2-10,13,16H2,1H3,(H,20,21)/p-1/b14-11-,15-12-. The highest BCUT2D eigenvalue weighted by Crippen LogP contribution is 2.07. The molecule has 0 fully saturated rings. The van der Waals surface area contributed by atoms with Crippen LogP contribution in [0, 0.1) is 0 Å². The molecular weight excluding hydrogens is 264 g/mol. The number of unbranched alkanes of at least 4 members (excludes halogenated alkanes) is 8. The minimum atomic E-state index is -0.949. The van der Waals surface area contributed by atoms with Crippen molar-refractivity contribution in [3.63, 3.8) is 0 Å². The fraction of sp³-hybridized carbons (Fsp3) is 0.722. The second-order valence-corrected chi connectivity index (χ2v) is 5.52. The summed E-state index contributed by atoms with van der Waals surface area (Å²) in [6, 6.07) is 0. The van der Waals surface area contributed by atoms with Crippen LogP contribution in [0.3, 0.4) is 0 Å². The number of carbonyl (C=O) groups is 1. The molecule has 0 aromatic rings. The average Bonchev–Trinajstić information content (AvgIpc) is 2.45. The van der Waals surface area contributed by atoms with Crippen LogP contribution in [0.25, 0.3) is 0 Å². The number of hydrogen-bond donors (Lipinski definition) is 1. The predicted octanol–water partition coefficient (Wildman–Crippen LogP) is 3.52. The van der Waals surface area contributed by atoms with Crippen molar-refractivity contribution in [2.75, 3.05) is 0 Å². The fourth-order valence-corrected chi connectivity index (χ4v) is 2.11. The molecule has 0 aliphatic carbocycles. The molecular formula is C18H31O3-. The van der Waals surface area contributed by atoms with Crippen LogP contribution in [-0.4, -0.2) is 17.2 Å². The summed E-state index contributed by atoms with van der Waals surface area (Å²) in [5.41, 5.74) is 0. The van der Waals surface area contributed by atoms with Crippen LogP contribution in [0.2, 0.25) is 0 Å². The number of hydrogen-bond acceptors (Lipinski definition) is 3. The van der Waals surface area contributed by atoms with Crippen molar-refractivity contribution in [3.8, 4) is 0 Å². The molecule has 0 amide bonds. The van der Waals surface area contributed by atoms with Crippen LogP contribution in [0.5, 0.6) is 0 Å². The van der Waals surface area contributed by atoms with Gasteiger partial charge in [-0.2, -0.15) is 0 Å². The summed E-state index contributed by atoms with van der Waals surface area (Å²) in [6.45, 7) is 2.19. The van der Waals surface area contributed by atoms with Gasteiger partial charge in [-0.1, -0.05) is 63.3 Å². The lowest BCUT2D eigenvalue weighted by atomic mass is 10.1. The molecule has 0 bridgehead atoms. The Labute approximate surface area is 129 Å². The van der Waals surface area contributed by atoms with Gasteiger partial charge in [0.15, 0.2) is 0 Å². The molecule has 0 saturated carbocycles. The van der Waals surface area contributed by atoms with Gasteiger partial charge in [-0.15, -0.1) is 0 Å². The van der Waals surface area contributed by atoms with Crippen LogP contribution < -0.4 is 5.11 Å². The number of aliphatic carboxylic acids is 1. The molecule has 0 aliphatic heterocycles. The molecule has 1 unspecified atom stereocenters. The Balaban J connectivity index is 3.39. The molecule has 0 aromatic heterocycles. The predicted molar refractivity (Wildman–Crippen MR) is 85.8 cm³/mol. The first-order valence-electron chi connectivity index (χ1n) is 8.38. The van der Waals surface area contributed by atoms with Crippen molar-refractivity contribution < 1.29 is 15.0 Å². The summed E-state index contributed by atoms with van der Waals surface area (Å²) >= 11 is 0. The number of allylic oxidation sites excluding steroid dienone is 2. The molecule has 3 nitrogen and oxygen atoms in total. The molecule has 122 valence electrons. The fourth-order valence-electron chi connectivity index (χ4n) is 2.11. The lowest BCUT2D eigenvalue weighted by Crippen LogP contribution is -2.21. The number of aliphatic hydroxyl groups excluding tert-OH is 1. The molecule has 0 aliphatic rings. The normalized spacial score (nSPS) is 13.2. The zero-order valence-electron chi connectivity index (χ0n) is 13.4. The van der Waals surface area contributed by atoms with Crippen LogP contribution in [0.4, 0.5) is 0 Å². The van der Waals surface area contributed by atoms with E-state index in [9.17, 15) is 15.0 Å². The van der Waals surface area contributed by atoms with Gasteiger partial charge in [-0.3, -0.25) is 0 Å². The molecule has 0 spiro atoms. The molecule has 1 atom stereocenters. The minimum absolute atomic E-state index is 0.177. The highest BCUT2D eigenvalue weighted by molar-refractivity contribution is 5.63. The lowest BCUT2D eigenvalue weighted by Gasteiger charge is -2.02. The zero-order chi connectivity index (χ0) is 15.8. The van der Waals surface area contributed by atoms with Crippen molar-refractivity contribution in [3.05, 3.63) is 24.3 Å². The number of aliphatic hydroxyl groups is 1. The van der Waals surface area contributed by atoms with Gasteiger partial charge < -0.3 is 15.0 Å². The van der Waals surface area contributed by atoms with E-state index in [1.165, 1.54) is 19.3 Å². The Morgan fingerprint density at radius 3 is 2.05 bits per heavy atom. The van der Waals surface area contributed by atoms with Gasteiger partial charge in [-0.25, -0.2) is 0 Å². The van der Waals surface area contributed by atoms with Crippen molar-refractivity contribution in [2.45, 2.75) is 83.7 Å². The summed E-state index contributed by atoms with van der Waals surface area (Å²) in [5.74, 6) is -0.949. The first-order chi connectivity index (χ1) is 10.2. The van der Waals surface area contributed by atoms with E-state index < -0.39 is 12.1 Å². The topological polar surface area (TPSA) is 60.4 Å². The van der Waals surface area contributed by atoms with Crippen LogP contribution in [-0.2, 0) is 4.79 Å². The van der Waals surface area contributed by atoms with Gasteiger partial charge in [0.1, 0.15) is 0 Å². The van der Waals surface area contributed by atoms with E-state index in [1.807, 2.05) is 18.2 Å². The van der Waals surface area contributed by atoms with Gasteiger partial charge in [0.25, 0.3) is 0 Å². The van der Waals surface area contributed by atoms with Crippen LogP contribution in [0.1, 0.15) is 77.6 Å². The highest BCUT2D eigenvalue weighted by atomic mass is 16.4. The Kier molecular flexibility index (Phi) is 14.5. The maximum Gasteiger partial charge on any atom is 0.0902 e. The summed E-state index contributed by atoms with van der Waals surface area (Å²) in [6.07, 6.45) is 18.1. The quantitative estimate of drug-likeness (QED) is 0.394. The second-order valence-electron chi connectivity index (χ2n) is 5.52. The SMILES string of the molecule is CCCCC/C=C\C(O)/C=C\CCCCCCCC(=O)[O-]. The smallest absolute Gasteiger partial charge is 0.0902 e. The molecule has 0 rings (SSSR count). The Hall–Kier alpha value is -1.09. The van der Waals surface area contributed by atoms with E-state index in [1.54, 1.807) is 0 Å². The first kappa shape index (κ1) is 19.9. The number of carbonyl (C=O) groups excluding carboxylic acids is 1. The maximum absolute atomic E-state index is 10.2. The van der Waals surface area contributed by atoms with E-state index in [-0.39, 0.29) is 6.42 Å². The van der Waals surface area contributed by atoms with Gasteiger partial charge in [-0.05, 0) is 38.5 Å². The van der Waals surface area contributed by atoms with Gasteiger partial charge in [0, 0.05) is 5.97 Å². The number of carboxylic acid groups (broad SMARTS) is 1. The number of rotatable bonds is 14. The third kappa shape index (κ3) is 16.9. The molecule has 0 aromatic carbocycles. The van der Waals surface area contributed by atoms with E-state index in [0.29, 0.717) is 0 Å². The largest absolute Gasteiger partial charge is 0.550 e. The molecule has 3 heteroatoms. The van der Waals surface area contributed by atoms with Crippen molar-refractivity contribution >= 4 is 5.97 Å². The van der Waals surface area contributed by atoms with Crippen LogP contribution in [0.15, 0.2) is 24.3 Å². The number of carboxylic acids is 1. The average molecular weight is 295 g/mol. The second kappa shape index (κ2) is 15.3. The van der Waals surface area contributed by atoms with Gasteiger partial charge >= 0.3 is 0 Å². The molecule has 0 heterocycles. The third-order valence-electron chi connectivity index (χ3n) is 3.39. The first-order valence-corrected chi connectivity index (χ1v) is 8.38. The summed E-state index contributed by atoms with van der Waals surface area (Å²) in [5, 5.41) is 19.9. The van der Waals surface area contributed by atoms with Crippen molar-refractivity contribution in [2.24, 2.45) is 0 Å². The zero-order valence-corrected chi connectivity index (χ0v) is 13.4. The summed E-state index contributed by atoms with van der Waals surface area (Å²) in [4.78, 5) is 10.2. The van der Waals surface area contributed by atoms with Crippen LogP contribution >= 0.6 is 0 Å². The Morgan fingerprint density at radius 2 is 1.48 bits per heavy atom. The van der Waals surface area contributed by atoms with E-state index in [2.05, 4.69) is 13.0 Å². The van der Waals surface area contributed by atoms with Gasteiger partial charge in [0.05, 0.1) is 6.10 Å².